The van der Waals surface area contributed by atoms with Crippen LogP contribution in [0.2, 0.25) is 0 Å². The fourth-order valence-electron chi connectivity index (χ4n) is 2.42. The molecule has 2 aromatic carbocycles. The molecule has 0 N–H and O–H groups in total. The van der Waals surface area contributed by atoms with Gasteiger partial charge in [-0.05, 0) is 30.3 Å². The van der Waals surface area contributed by atoms with Crippen LogP contribution in [0.25, 0.3) is 0 Å². The van der Waals surface area contributed by atoms with Gasteiger partial charge in [0.05, 0.1) is 41.1 Å². The molecule has 2 rings (SSSR count). The molecule has 0 spiro atoms. The fraction of sp³-hybridized carbons (Fsp3) is 0.316. The number of carbonyl (C=O) groups is 1. The van der Waals surface area contributed by atoms with E-state index in [2.05, 4.69) is 0 Å². The molecule has 7 heteroatoms. The lowest BCUT2D eigenvalue weighted by Crippen LogP contribution is -2.07. The summed E-state index contributed by atoms with van der Waals surface area (Å²) in [6.45, 7) is 0.0237. The van der Waals surface area contributed by atoms with Gasteiger partial charge in [0.1, 0.15) is 18.1 Å². The summed E-state index contributed by atoms with van der Waals surface area (Å²) >= 11 is 0. The molecule has 0 heterocycles. The lowest BCUT2D eigenvalue weighted by Gasteiger charge is -2.14. The lowest BCUT2D eigenvalue weighted by atomic mass is 10.1. The van der Waals surface area contributed by atoms with Gasteiger partial charge >= 0.3 is 5.97 Å². The molecular weight excluding hydrogens is 340 g/mol. The molecule has 0 aliphatic heterocycles. The molecule has 0 saturated heterocycles. The molecule has 0 atom stereocenters. The molecule has 140 valence electrons. The third-order valence-electron chi connectivity index (χ3n) is 3.75. The Morgan fingerprint density at radius 1 is 0.769 bits per heavy atom. The number of hydrogen-bond donors (Lipinski definition) is 0. The van der Waals surface area contributed by atoms with Gasteiger partial charge in [0.2, 0.25) is 5.75 Å². The van der Waals surface area contributed by atoms with Crippen molar-refractivity contribution in [1.29, 1.82) is 0 Å². The Bertz CT molecular complexity index is 745. The summed E-state index contributed by atoms with van der Waals surface area (Å²) in [5, 5.41) is 0. The number of ether oxygens (including phenoxy) is 6. The van der Waals surface area contributed by atoms with E-state index >= 15 is 0 Å². The molecule has 0 aliphatic carbocycles. The Hall–Kier alpha value is -3.09. The monoisotopic (exact) mass is 362 g/mol. The smallest absolute Gasteiger partial charge is 0.338 e. The van der Waals surface area contributed by atoms with Gasteiger partial charge in [-0.3, -0.25) is 0 Å². The quantitative estimate of drug-likeness (QED) is 0.668. The first-order valence-electron chi connectivity index (χ1n) is 7.76. The van der Waals surface area contributed by atoms with Crippen molar-refractivity contribution in [1.82, 2.24) is 0 Å². The van der Waals surface area contributed by atoms with Gasteiger partial charge in [-0.1, -0.05) is 0 Å². The van der Waals surface area contributed by atoms with E-state index in [9.17, 15) is 4.79 Å². The Kier molecular flexibility index (Phi) is 6.54. The number of hydrogen-bond acceptors (Lipinski definition) is 7. The molecular formula is C19H22O7. The van der Waals surface area contributed by atoms with Crippen molar-refractivity contribution in [3.05, 3.63) is 41.5 Å². The van der Waals surface area contributed by atoms with Crippen LogP contribution in [0.4, 0.5) is 0 Å². The molecule has 0 bridgehead atoms. The normalized spacial score (nSPS) is 10.0. The van der Waals surface area contributed by atoms with Gasteiger partial charge in [0, 0.05) is 5.56 Å². The maximum Gasteiger partial charge on any atom is 0.338 e. The average molecular weight is 362 g/mol. The minimum absolute atomic E-state index is 0.0237. The Labute approximate surface area is 152 Å². The number of esters is 1. The molecule has 0 saturated carbocycles. The van der Waals surface area contributed by atoms with Crippen LogP contribution < -0.4 is 23.7 Å². The zero-order valence-electron chi connectivity index (χ0n) is 15.5. The predicted octanol–water partition coefficient (Wildman–Crippen LogP) is 3.09. The van der Waals surface area contributed by atoms with E-state index in [1.54, 1.807) is 32.4 Å². The summed E-state index contributed by atoms with van der Waals surface area (Å²) in [6, 6.07) is 8.34. The van der Waals surface area contributed by atoms with Gasteiger partial charge in [-0.15, -0.1) is 0 Å². The molecule has 0 aromatic heterocycles. The summed E-state index contributed by atoms with van der Waals surface area (Å²) in [6.07, 6.45) is 0. The van der Waals surface area contributed by atoms with E-state index in [-0.39, 0.29) is 12.2 Å². The van der Waals surface area contributed by atoms with E-state index < -0.39 is 5.97 Å². The molecule has 0 amide bonds. The second-order valence-corrected chi connectivity index (χ2v) is 5.17. The summed E-state index contributed by atoms with van der Waals surface area (Å²) in [5.74, 6) is 1.86. The highest BCUT2D eigenvalue weighted by Gasteiger charge is 2.18. The van der Waals surface area contributed by atoms with Crippen molar-refractivity contribution in [3.63, 3.8) is 0 Å². The maximum atomic E-state index is 12.5. The highest BCUT2D eigenvalue weighted by molar-refractivity contribution is 5.91. The second kappa shape index (κ2) is 8.84. The van der Waals surface area contributed by atoms with Gasteiger partial charge in [0.15, 0.2) is 11.5 Å². The SMILES string of the molecule is COc1ccc(OC)c(COC(=O)c2cc(OC)c(OC)c(OC)c2)c1. The molecule has 0 fully saturated rings. The first kappa shape index (κ1) is 19.2. The average Bonchev–Trinajstić information content (AvgIpc) is 2.70. The number of rotatable bonds is 8. The van der Waals surface area contributed by atoms with E-state index in [0.29, 0.717) is 34.3 Å². The van der Waals surface area contributed by atoms with Crippen LogP contribution in [0.5, 0.6) is 28.7 Å². The molecule has 0 radical (unpaired) electrons. The molecule has 0 aliphatic rings. The number of carbonyl (C=O) groups excluding carboxylic acids is 1. The van der Waals surface area contributed by atoms with Crippen molar-refractivity contribution in [2.24, 2.45) is 0 Å². The highest BCUT2D eigenvalue weighted by Crippen LogP contribution is 2.38. The molecule has 0 unspecified atom stereocenters. The maximum absolute atomic E-state index is 12.5. The lowest BCUT2D eigenvalue weighted by molar-refractivity contribution is 0.0469. The van der Waals surface area contributed by atoms with Crippen LogP contribution in [-0.4, -0.2) is 41.5 Å². The van der Waals surface area contributed by atoms with Crippen LogP contribution in [0, 0.1) is 0 Å². The van der Waals surface area contributed by atoms with Crippen LogP contribution >= 0.6 is 0 Å². The van der Waals surface area contributed by atoms with Crippen LogP contribution in [-0.2, 0) is 11.3 Å². The standard InChI is InChI=1S/C19H22O7/c1-21-14-6-7-15(22-2)13(8-14)11-26-19(20)12-9-16(23-3)18(25-5)17(10-12)24-4/h6-10H,11H2,1-5H3. The topological polar surface area (TPSA) is 72.5 Å². The molecule has 2 aromatic rings. The summed E-state index contributed by atoms with van der Waals surface area (Å²) < 4.78 is 31.6. The second-order valence-electron chi connectivity index (χ2n) is 5.17. The van der Waals surface area contributed by atoms with Gasteiger partial charge in [0.25, 0.3) is 0 Å². The first-order valence-corrected chi connectivity index (χ1v) is 7.76. The highest BCUT2D eigenvalue weighted by atomic mass is 16.5. The van der Waals surface area contributed by atoms with E-state index in [4.69, 9.17) is 28.4 Å². The van der Waals surface area contributed by atoms with Crippen molar-refractivity contribution in [2.75, 3.05) is 35.5 Å². The predicted molar refractivity (Wildman–Crippen MR) is 94.8 cm³/mol. The first-order chi connectivity index (χ1) is 12.6. The van der Waals surface area contributed by atoms with Crippen molar-refractivity contribution in [2.45, 2.75) is 6.61 Å². The number of methoxy groups -OCH3 is 5. The Balaban J connectivity index is 2.23. The third kappa shape index (κ3) is 4.11. The van der Waals surface area contributed by atoms with Gasteiger partial charge in [-0.2, -0.15) is 0 Å². The van der Waals surface area contributed by atoms with Crippen LogP contribution in [0.3, 0.4) is 0 Å². The van der Waals surface area contributed by atoms with Crippen LogP contribution in [0.1, 0.15) is 15.9 Å². The largest absolute Gasteiger partial charge is 0.497 e. The minimum atomic E-state index is -0.533. The summed E-state index contributed by atoms with van der Waals surface area (Å²) in [7, 11) is 7.56. The van der Waals surface area contributed by atoms with Crippen LogP contribution in [0.15, 0.2) is 30.3 Å². The zero-order valence-corrected chi connectivity index (χ0v) is 15.5. The van der Waals surface area contributed by atoms with E-state index in [1.165, 1.54) is 33.5 Å². The van der Waals surface area contributed by atoms with E-state index in [0.717, 1.165) is 0 Å². The molecule has 7 nitrogen and oxygen atoms in total. The van der Waals surface area contributed by atoms with E-state index in [1.807, 2.05) is 0 Å². The number of benzene rings is 2. The van der Waals surface area contributed by atoms with Crippen molar-refractivity contribution < 1.29 is 33.2 Å². The van der Waals surface area contributed by atoms with Crippen molar-refractivity contribution >= 4 is 5.97 Å². The minimum Gasteiger partial charge on any atom is -0.497 e. The molecule has 26 heavy (non-hydrogen) atoms. The summed E-state index contributed by atoms with van der Waals surface area (Å²) in [5.41, 5.74) is 0.967. The zero-order chi connectivity index (χ0) is 19.1. The van der Waals surface area contributed by atoms with Gasteiger partial charge in [-0.25, -0.2) is 4.79 Å². The summed E-state index contributed by atoms with van der Waals surface area (Å²) in [4.78, 5) is 12.5. The Morgan fingerprint density at radius 2 is 1.38 bits per heavy atom. The van der Waals surface area contributed by atoms with Gasteiger partial charge < -0.3 is 28.4 Å². The van der Waals surface area contributed by atoms with Crippen molar-refractivity contribution in [3.8, 4) is 28.7 Å². The fourth-order valence-corrected chi connectivity index (χ4v) is 2.42. The third-order valence-corrected chi connectivity index (χ3v) is 3.75. The Morgan fingerprint density at radius 3 is 1.88 bits per heavy atom.